The molecule has 2 atom stereocenters. The second-order valence-corrected chi connectivity index (χ2v) is 8.09. The number of benzene rings is 2. The highest BCUT2D eigenvalue weighted by Crippen LogP contribution is 2.26. The molecule has 0 aliphatic carbocycles. The second-order valence-electron chi connectivity index (χ2n) is 8.09. The zero-order chi connectivity index (χ0) is 21.5. The fraction of sp³-hybridized carbons (Fsp3) is 0.480. The molecule has 162 valence electrons. The van der Waals surface area contributed by atoms with Crippen LogP contribution in [0.2, 0.25) is 0 Å². The Bertz CT molecular complexity index is 829. The van der Waals surface area contributed by atoms with E-state index in [0.29, 0.717) is 6.54 Å². The Morgan fingerprint density at radius 2 is 1.77 bits per heavy atom. The van der Waals surface area contributed by atoms with E-state index in [1.165, 1.54) is 24.8 Å². The number of rotatable bonds is 8. The summed E-state index contributed by atoms with van der Waals surface area (Å²) in [6.07, 6.45) is 3.13. The number of ether oxygens (including phenoxy) is 2. The minimum atomic E-state index is -0.552. The number of aryl methyl sites for hydroxylation is 1. The van der Waals surface area contributed by atoms with Crippen LogP contribution < -0.4 is 14.8 Å². The molecule has 1 N–H and O–H groups in total. The molecule has 0 bridgehead atoms. The van der Waals surface area contributed by atoms with Gasteiger partial charge in [0.15, 0.2) is 6.10 Å². The number of hydrogen-bond acceptors (Lipinski definition) is 4. The van der Waals surface area contributed by atoms with Crippen molar-refractivity contribution in [2.45, 2.75) is 52.2 Å². The number of carbonyl (C=O) groups is 1. The Morgan fingerprint density at radius 1 is 1.07 bits per heavy atom. The van der Waals surface area contributed by atoms with Crippen LogP contribution in [0.5, 0.6) is 11.5 Å². The first-order valence-corrected chi connectivity index (χ1v) is 10.9. The van der Waals surface area contributed by atoms with Gasteiger partial charge in [0.1, 0.15) is 11.5 Å². The number of carbonyl (C=O) groups excluding carboxylic acids is 1. The van der Waals surface area contributed by atoms with E-state index in [1.807, 2.05) is 44.2 Å². The molecule has 1 saturated heterocycles. The lowest BCUT2D eigenvalue weighted by Crippen LogP contribution is -2.44. The third-order valence-electron chi connectivity index (χ3n) is 6.03. The zero-order valence-corrected chi connectivity index (χ0v) is 18.6. The average molecular weight is 411 g/mol. The molecule has 0 spiro atoms. The van der Waals surface area contributed by atoms with Gasteiger partial charge in [0.2, 0.25) is 0 Å². The van der Waals surface area contributed by atoms with E-state index in [1.54, 1.807) is 14.0 Å². The summed E-state index contributed by atoms with van der Waals surface area (Å²) in [7, 11) is 1.68. The smallest absolute Gasteiger partial charge is 0.260 e. The van der Waals surface area contributed by atoms with E-state index in [9.17, 15) is 4.79 Å². The highest BCUT2D eigenvalue weighted by Gasteiger charge is 2.24. The number of methoxy groups -OCH3 is 1. The molecule has 2 aromatic rings. The monoisotopic (exact) mass is 410 g/mol. The molecule has 2 unspecified atom stereocenters. The van der Waals surface area contributed by atoms with Crippen LogP contribution >= 0.6 is 0 Å². The average Bonchev–Trinajstić information content (AvgIpc) is 2.78. The fourth-order valence-corrected chi connectivity index (χ4v) is 3.95. The standard InChI is InChI=1S/C25H34N2O3/c1-18-9-8-10-24(19(18)2)30-20(3)25(28)26-17-23(27-15-6-5-7-16-27)21-11-13-22(29-4)14-12-21/h8-14,20,23H,5-7,15-17H2,1-4H3,(H,26,28). The first-order valence-electron chi connectivity index (χ1n) is 10.9. The lowest BCUT2D eigenvalue weighted by molar-refractivity contribution is -0.127. The molecule has 1 heterocycles. The molecule has 30 heavy (non-hydrogen) atoms. The minimum Gasteiger partial charge on any atom is -0.497 e. The molecular formula is C25H34N2O3. The number of hydrogen-bond donors (Lipinski definition) is 1. The van der Waals surface area contributed by atoms with Gasteiger partial charge in [-0.05, 0) is 81.6 Å². The SMILES string of the molecule is COc1ccc(C(CNC(=O)C(C)Oc2cccc(C)c2C)N2CCCCC2)cc1. The van der Waals surface area contributed by atoms with Gasteiger partial charge in [0, 0.05) is 6.54 Å². The van der Waals surface area contributed by atoms with Gasteiger partial charge < -0.3 is 14.8 Å². The summed E-state index contributed by atoms with van der Waals surface area (Å²) in [6.45, 7) is 8.55. The number of likely N-dealkylation sites (tertiary alicyclic amines) is 1. The van der Waals surface area contributed by atoms with E-state index in [-0.39, 0.29) is 11.9 Å². The molecular weight excluding hydrogens is 376 g/mol. The third kappa shape index (κ3) is 5.54. The fourth-order valence-electron chi connectivity index (χ4n) is 3.95. The summed E-state index contributed by atoms with van der Waals surface area (Å²) in [4.78, 5) is 15.3. The van der Waals surface area contributed by atoms with Gasteiger partial charge >= 0.3 is 0 Å². The van der Waals surface area contributed by atoms with Crippen molar-refractivity contribution in [3.05, 3.63) is 59.2 Å². The van der Waals surface area contributed by atoms with Gasteiger partial charge in [-0.1, -0.05) is 30.7 Å². The molecule has 1 aliphatic heterocycles. The van der Waals surface area contributed by atoms with Crippen molar-refractivity contribution in [3.63, 3.8) is 0 Å². The summed E-state index contributed by atoms with van der Waals surface area (Å²) in [6, 6.07) is 14.2. The van der Waals surface area contributed by atoms with E-state index in [0.717, 1.165) is 35.7 Å². The molecule has 0 aromatic heterocycles. The summed E-state index contributed by atoms with van der Waals surface area (Å²) >= 11 is 0. The second kappa shape index (κ2) is 10.5. The Labute approximate surface area is 180 Å². The van der Waals surface area contributed by atoms with Crippen molar-refractivity contribution in [1.82, 2.24) is 10.2 Å². The van der Waals surface area contributed by atoms with Crippen molar-refractivity contribution in [2.24, 2.45) is 0 Å². The topological polar surface area (TPSA) is 50.8 Å². The van der Waals surface area contributed by atoms with E-state index in [4.69, 9.17) is 9.47 Å². The molecule has 1 fully saturated rings. The van der Waals surface area contributed by atoms with Crippen LogP contribution in [-0.2, 0) is 4.79 Å². The van der Waals surface area contributed by atoms with Crippen LogP contribution in [0.3, 0.4) is 0 Å². The first kappa shape index (κ1) is 22.2. The van der Waals surface area contributed by atoms with E-state index < -0.39 is 6.10 Å². The molecule has 2 aromatic carbocycles. The number of amides is 1. The highest BCUT2D eigenvalue weighted by molar-refractivity contribution is 5.80. The summed E-state index contributed by atoms with van der Waals surface area (Å²) in [5.74, 6) is 1.52. The Morgan fingerprint density at radius 3 is 2.43 bits per heavy atom. The predicted octanol–water partition coefficient (Wildman–Crippen LogP) is 4.42. The lowest BCUT2D eigenvalue weighted by atomic mass is 10.0. The normalized spacial score (nSPS) is 16.5. The molecule has 0 saturated carbocycles. The quantitative estimate of drug-likeness (QED) is 0.700. The highest BCUT2D eigenvalue weighted by atomic mass is 16.5. The van der Waals surface area contributed by atoms with Crippen LogP contribution in [0.25, 0.3) is 0 Å². The van der Waals surface area contributed by atoms with Crippen molar-refractivity contribution < 1.29 is 14.3 Å². The maximum absolute atomic E-state index is 12.8. The first-order chi connectivity index (χ1) is 14.5. The Kier molecular flexibility index (Phi) is 7.75. The molecule has 0 radical (unpaired) electrons. The van der Waals surface area contributed by atoms with E-state index >= 15 is 0 Å². The van der Waals surface area contributed by atoms with Gasteiger partial charge in [-0.2, -0.15) is 0 Å². The van der Waals surface area contributed by atoms with Gasteiger partial charge in [0.25, 0.3) is 5.91 Å². The summed E-state index contributed by atoms with van der Waals surface area (Å²) < 4.78 is 11.3. The molecule has 1 amide bonds. The number of nitrogens with one attached hydrogen (secondary N) is 1. The Balaban J connectivity index is 1.66. The molecule has 5 heteroatoms. The summed E-state index contributed by atoms with van der Waals surface area (Å²) in [5, 5.41) is 3.12. The zero-order valence-electron chi connectivity index (χ0n) is 18.6. The maximum atomic E-state index is 12.8. The van der Waals surface area contributed by atoms with Crippen LogP contribution in [0.4, 0.5) is 0 Å². The van der Waals surface area contributed by atoms with Crippen molar-refractivity contribution in [3.8, 4) is 11.5 Å². The van der Waals surface area contributed by atoms with Crippen LogP contribution in [0, 0.1) is 13.8 Å². The third-order valence-corrected chi connectivity index (χ3v) is 6.03. The van der Waals surface area contributed by atoms with Crippen molar-refractivity contribution >= 4 is 5.91 Å². The van der Waals surface area contributed by atoms with Gasteiger partial charge in [-0.25, -0.2) is 0 Å². The van der Waals surface area contributed by atoms with Gasteiger partial charge in [-0.3, -0.25) is 9.69 Å². The summed E-state index contributed by atoms with van der Waals surface area (Å²) in [5.41, 5.74) is 3.42. The van der Waals surface area contributed by atoms with Crippen LogP contribution in [0.1, 0.15) is 48.9 Å². The van der Waals surface area contributed by atoms with E-state index in [2.05, 4.69) is 22.3 Å². The molecule has 1 aliphatic rings. The largest absolute Gasteiger partial charge is 0.497 e. The van der Waals surface area contributed by atoms with Gasteiger partial charge in [0.05, 0.1) is 13.2 Å². The number of piperidine rings is 1. The van der Waals surface area contributed by atoms with Gasteiger partial charge in [-0.15, -0.1) is 0 Å². The lowest BCUT2D eigenvalue weighted by Gasteiger charge is -2.35. The molecule has 5 nitrogen and oxygen atoms in total. The maximum Gasteiger partial charge on any atom is 0.260 e. The van der Waals surface area contributed by atoms with Crippen molar-refractivity contribution in [1.29, 1.82) is 0 Å². The van der Waals surface area contributed by atoms with Crippen LogP contribution in [-0.4, -0.2) is 43.7 Å². The predicted molar refractivity (Wildman–Crippen MR) is 120 cm³/mol. The minimum absolute atomic E-state index is 0.0913. The van der Waals surface area contributed by atoms with Crippen molar-refractivity contribution in [2.75, 3.05) is 26.7 Å². The van der Waals surface area contributed by atoms with Crippen LogP contribution in [0.15, 0.2) is 42.5 Å². The Hall–Kier alpha value is -2.53. The number of nitrogens with zero attached hydrogens (tertiary/aromatic N) is 1. The molecule has 3 rings (SSSR count).